The first-order valence-corrected chi connectivity index (χ1v) is 7.79. The predicted octanol–water partition coefficient (Wildman–Crippen LogP) is 0.732. The molecule has 0 spiro atoms. The van der Waals surface area contributed by atoms with Gasteiger partial charge in [-0.2, -0.15) is 4.31 Å². The molecule has 1 aromatic rings. The minimum absolute atomic E-state index is 0.185. The predicted molar refractivity (Wildman–Crippen MR) is 73.3 cm³/mol. The SMILES string of the molecule is Cc1cccc(S(=O)(=O)N2CCOC(C(C)N)C2)c1. The number of nitrogens with two attached hydrogens (primary N) is 1. The first-order valence-electron chi connectivity index (χ1n) is 6.35. The van der Waals surface area contributed by atoms with E-state index in [1.165, 1.54) is 4.31 Å². The lowest BCUT2D eigenvalue weighted by Gasteiger charge is -2.33. The minimum Gasteiger partial charge on any atom is -0.374 e. The standard InChI is InChI=1S/C13H20N2O3S/c1-10-4-3-5-12(8-10)19(16,17)15-6-7-18-13(9-15)11(2)14/h3-5,8,11,13H,6-7,9,14H2,1-2H3. The molecule has 1 fully saturated rings. The molecule has 106 valence electrons. The van der Waals surface area contributed by atoms with Crippen LogP contribution in [0.2, 0.25) is 0 Å². The maximum absolute atomic E-state index is 12.5. The average molecular weight is 284 g/mol. The van der Waals surface area contributed by atoms with Gasteiger partial charge in [0.05, 0.1) is 17.6 Å². The molecule has 1 saturated heterocycles. The summed E-state index contributed by atoms with van der Waals surface area (Å²) in [6, 6.07) is 6.76. The van der Waals surface area contributed by atoms with Crippen LogP contribution in [0.4, 0.5) is 0 Å². The summed E-state index contributed by atoms with van der Waals surface area (Å²) in [5.74, 6) is 0. The number of hydrogen-bond donors (Lipinski definition) is 1. The zero-order valence-corrected chi connectivity index (χ0v) is 12.1. The highest BCUT2D eigenvalue weighted by Crippen LogP contribution is 2.20. The van der Waals surface area contributed by atoms with Gasteiger partial charge in [-0.05, 0) is 31.5 Å². The fraction of sp³-hybridized carbons (Fsp3) is 0.538. The second-order valence-electron chi connectivity index (χ2n) is 4.95. The second kappa shape index (κ2) is 5.58. The van der Waals surface area contributed by atoms with Gasteiger partial charge in [0.1, 0.15) is 0 Å². The summed E-state index contributed by atoms with van der Waals surface area (Å²) in [6.07, 6.45) is -0.242. The van der Waals surface area contributed by atoms with E-state index in [-0.39, 0.29) is 12.1 Å². The van der Waals surface area contributed by atoms with Crippen LogP contribution in [0, 0.1) is 6.92 Å². The third-order valence-corrected chi connectivity index (χ3v) is 5.13. The lowest BCUT2D eigenvalue weighted by Crippen LogP contribution is -2.51. The van der Waals surface area contributed by atoms with Crippen LogP contribution in [0.1, 0.15) is 12.5 Å². The molecule has 1 aromatic carbocycles. The van der Waals surface area contributed by atoms with Crippen molar-refractivity contribution in [2.75, 3.05) is 19.7 Å². The van der Waals surface area contributed by atoms with E-state index < -0.39 is 10.0 Å². The number of ether oxygens (including phenoxy) is 1. The Labute approximate surface area is 114 Å². The van der Waals surface area contributed by atoms with Gasteiger partial charge in [0.15, 0.2) is 0 Å². The van der Waals surface area contributed by atoms with E-state index in [0.717, 1.165) is 5.56 Å². The van der Waals surface area contributed by atoms with Crippen LogP contribution in [0.3, 0.4) is 0 Å². The summed E-state index contributed by atoms with van der Waals surface area (Å²) in [6.45, 7) is 4.78. The van der Waals surface area contributed by atoms with Crippen molar-refractivity contribution >= 4 is 10.0 Å². The van der Waals surface area contributed by atoms with Crippen molar-refractivity contribution in [1.29, 1.82) is 0 Å². The van der Waals surface area contributed by atoms with Gasteiger partial charge in [0.2, 0.25) is 10.0 Å². The van der Waals surface area contributed by atoms with E-state index >= 15 is 0 Å². The molecular formula is C13H20N2O3S. The highest BCUT2D eigenvalue weighted by Gasteiger charge is 2.32. The molecule has 0 radical (unpaired) electrons. The van der Waals surface area contributed by atoms with E-state index in [1.54, 1.807) is 18.2 Å². The van der Waals surface area contributed by atoms with Crippen molar-refractivity contribution in [1.82, 2.24) is 4.31 Å². The molecule has 5 nitrogen and oxygen atoms in total. The minimum atomic E-state index is -3.45. The molecular weight excluding hydrogens is 264 g/mol. The quantitative estimate of drug-likeness (QED) is 0.888. The van der Waals surface area contributed by atoms with Gasteiger partial charge in [-0.15, -0.1) is 0 Å². The average Bonchev–Trinajstić information content (AvgIpc) is 2.39. The maximum Gasteiger partial charge on any atom is 0.243 e. The Hall–Kier alpha value is -0.950. The number of aryl methyl sites for hydroxylation is 1. The van der Waals surface area contributed by atoms with Gasteiger partial charge in [-0.3, -0.25) is 0 Å². The summed E-state index contributed by atoms with van der Waals surface area (Å²) in [5, 5.41) is 0. The molecule has 19 heavy (non-hydrogen) atoms. The van der Waals surface area contributed by atoms with Gasteiger partial charge < -0.3 is 10.5 Å². The Morgan fingerprint density at radius 2 is 2.21 bits per heavy atom. The van der Waals surface area contributed by atoms with Gasteiger partial charge in [0.25, 0.3) is 0 Å². The largest absolute Gasteiger partial charge is 0.374 e. The van der Waals surface area contributed by atoms with Gasteiger partial charge >= 0.3 is 0 Å². The fourth-order valence-electron chi connectivity index (χ4n) is 2.11. The Kier molecular flexibility index (Phi) is 4.25. The van der Waals surface area contributed by atoms with E-state index in [2.05, 4.69) is 0 Å². The molecule has 0 aliphatic carbocycles. The van der Waals surface area contributed by atoms with E-state index in [4.69, 9.17) is 10.5 Å². The molecule has 1 heterocycles. The maximum atomic E-state index is 12.5. The summed E-state index contributed by atoms with van der Waals surface area (Å²) >= 11 is 0. The van der Waals surface area contributed by atoms with Crippen molar-refractivity contribution in [3.63, 3.8) is 0 Å². The van der Waals surface area contributed by atoms with Crippen molar-refractivity contribution in [2.45, 2.75) is 30.9 Å². The highest BCUT2D eigenvalue weighted by molar-refractivity contribution is 7.89. The number of hydrogen-bond acceptors (Lipinski definition) is 4. The Bertz CT molecular complexity index is 543. The van der Waals surface area contributed by atoms with Crippen LogP contribution in [0.25, 0.3) is 0 Å². The molecule has 0 saturated carbocycles. The zero-order chi connectivity index (χ0) is 14.0. The molecule has 1 aliphatic heterocycles. The van der Waals surface area contributed by atoms with Crippen molar-refractivity contribution in [3.8, 4) is 0 Å². The number of morpholine rings is 1. The van der Waals surface area contributed by atoms with Crippen LogP contribution in [0.5, 0.6) is 0 Å². The summed E-state index contributed by atoms with van der Waals surface area (Å²) in [5.41, 5.74) is 6.72. The molecule has 1 aliphatic rings. The zero-order valence-electron chi connectivity index (χ0n) is 11.2. The van der Waals surface area contributed by atoms with Crippen molar-refractivity contribution in [2.24, 2.45) is 5.73 Å². The van der Waals surface area contributed by atoms with Crippen LogP contribution >= 0.6 is 0 Å². The molecule has 2 rings (SSSR count). The molecule has 2 unspecified atom stereocenters. The molecule has 2 N–H and O–H groups in total. The van der Waals surface area contributed by atoms with E-state index in [9.17, 15) is 8.42 Å². The first kappa shape index (κ1) is 14.5. The molecule has 0 amide bonds. The normalized spacial score (nSPS) is 23.2. The van der Waals surface area contributed by atoms with Crippen molar-refractivity contribution < 1.29 is 13.2 Å². The summed E-state index contributed by atoms with van der Waals surface area (Å²) in [4.78, 5) is 0.331. The lowest BCUT2D eigenvalue weighted by atomic mass is 10.2. The van der Waals surface area contributed by atoms with Gasteiger partial charge in [-0.25, -0.2) is 8.42 Å². The Morgan fingerprint density at radius 1 is 1.47 bits per heavy atom. The smallest absolute Gasteiger partial charge is 0.243 e. The van der Waals surface area contributed by atoms with Crippen LogP contribution in [-0.2, 0) is 14.8 Å². The van der Waals surface area contributed by atoms with Crippen LogP contribution in [-0.4, -0.2) is 44.6 Å². The van der Waals surface area contributed by atoms with Gasteiger partial charge in [0, 0.05) is 19.1 Å². The number of sulfonamides is 1. The lowest BCUT2D eigenvalue weighted by molar-refractivity contribution is -0.0120. The topological polar surface area (TPSA) is 72.6 Å². The molecule has 6 heteroatoms. The van der Waals surface area contributed by atoms with Crippen molar-refractivity contribution in [3.05, 3.63) is 29.8 Å². The fourth-order valence-corrected chi connectivity index (χ4v) is 3.65. The van der Waals surface area contributed by atoms with Crippen LogP contribution < -0.4 is 5.73 Å². The van der Waals surface area contributed by atoms with Gasteiger partial charge in [-0.1, -0.05) is 12.1 Å². The molecule has 0 bridgehead atoms. The first-order chi connectivity index (χ1) is 8.91. The number of rotatable bonds is 3. The van der Waals surface area contributed by atoms with E-state index in [0.29, 0.717) is 24.6 Å². The molecule has 0 aromatic heterocycles. The Morgan fingerprint density at radius 3 is 2.84 bits per heavy atom. The molecule has 2 atom stereocenters. The summed E-state index contributed by atoms with van der Waals surface area (Å²) in [7, 11) is -3.45. The number of benzene rings is 1. The third kappa shape index (κ3) is 3.14. The third-order valence-electron chi connectivity index (χ3n) is 3.27. The summed E-state index contributed by atoms with van der Waals surface area (Å²) < 4.78 is 32.0. The van der Waals surface area contributed by atoms with Crippen LogP contribution in [0.15, 0.2) is 29.2 Å². The monoisotopic (exact) mass is 284 g/mol. The Balaban J connectivity index is 2.24. The highest BCUT2D eigenvalue weighted by atomic mass is 32.2. The second-order valence-corrected chi connectivity index (χ2v) is 6.89. The number of nitrogens with zero attached hydrogens (tertiary/aromatic N) is 1. The van der Waals surface area contributed by atoms with E-state index in [1.807, 2.05) is 19.9 Å².